The number of anilines is 2. The Morgan fingerprint density at radius 1 is 1.17 bits per heavy atom. The summed E-state index contributed by atoms with van der Waals surface area (Å²) in [5, 5.41) is 0.734. The Morgan fingerprint density at radius 3 is 2.56 bits per heavy atom. The van der Waals surface area contributed by atoms with Crippen LogP contribution in [0, 0.1) is 0 Å². The largest absolute Gasteiger partial charge is 0.398 e. The van der Waals surface area contributed by atoms with E-state index in [4.69, 9.17) is 34.7 Å². The number of nitrogens with two attached hydrogens (primary N) is 2. The number of halogens is 2. The van der Waals surface area contributed by atoms with Crippen molar-refractivity contribution in [2.45, 2.75) is 0 Å². The molecule has 0 aliphatic rings. The molecular weight excluding hydrogens is 273 g/mol. The van der Waals surface area contributed by atoms with Gasteiger partial charge in [0.25, 0.3) is 0 Å². The van der Waals surface area contributed by atoms with Crippen molar-refractivity contribution >= 4 is 40.5 Å². The lowest BCUT2D eigenvalue weighted by molar-refractivity contribution is 0.103. The van der Waals surface area contributed by atoms with E-state index in [-0.39, 0.29) is 17.2 Å². The van der Waals surface area contributed by atoms with Gasteiger partial charge in [-0.05, 0) is 24.3 Å². The Balaban J connectivity index is 2.47. The first-order chi connectivity index (χ1) is 8.49. The molecule has 92 valence electrons. The van der Waals surface area contributed by atoms with E-state index >= 15 is 0 Å². The first-order valence-corrected chi connectivity index (χ1v) is 5.75. The summed E-state index contributed by atoms with van der Waals surface area (Å²) >= 11 is 11.6. The Kier molecular flexibility index (Phi) is 3.41. The molecule has 0 saturated heterocycles. The number of ketones is 1. The van der Waals surface area contributed by atoms with Gasteiger partial charge in [0.15, 0.2) is 5.78 Å². The first kappa shape index (κ1) is 12.7. The SMILES string of the molecule is Nc1cc(C(=O)c2cc(Cl)cnc2N)ccc1Cl. The number of pyridine rings is 1. The van der Waals surface area contributed by atoms with Crippen molar-refractivity contribution in [3.63, 3.8) is 0 Å². The second-order valence-electron chi connectivity index (χ2n) is 3.65. The molecule has 0 radical (unpaired) electrons. The highest BCUT2D eigenvalue weighted by Crippen LogP contribution is 2.23. The Morgan fingerprint density at radius 2 is 1.89 bits per heavy atom. The van der Waals surface area contributed by atoms with Crippen LogP contribution in [0.15, 0.2) is 30.5 Å². The number of hydrogen-bond acceptors (Lipinski definition) is 4. The summed E-state index contributed by atoms with van der Waals surface area (Å²) < 4.78 is 0. The summed E-state index contributed by atoms with van der Waals surface area (Å²) in [5.74, 6) is -0.177. The average Bonchev–Trinajstić information content (AvgIpc) is 2.35. The van der Waals surface area contributed by atoms with E-state index in [9.17, 15) is 4.79 Å². The fourth-order valence-electron chi connectivity index (χ4n) is 1.47. The summed E-state index contributed by atoms with van der Waals surface area (Å²) in [4.78, 5) is 16.0. The van der Waals surface area contributed by atoms with Gasteiger partial charge < -0.3 is 11.5 Å². The van der Waals surface area contributed by atoms with E-state index in [1.54, 1.807) is 12.1 Å². The molecule has 0 bridgehead atoms. The predicted molar refractivity (Wildman–Crippen MR) is 73.0 cm³/mol. The summed E-state index contributed by atoms with van der Waals surface area (Å²) in [7, 11) is 0. The summed E-state index contributed by atoms with van der Waals surface area (Å²) in [6.45, 7) is 0. The standard InChI is InChI=1S/C12H9Cl2N3O/c13-7-4-8(12(16)17-5-7)11(18)6-1-2-9(14)10(15)3-6/h1-5H,15H2,(H2,16,17). The summed E-state index contributed by atoms with van der Waals surface area (Å²) in [6, 6.07) is 6.09. The van der Waals surface area contributed by atoms with Crippen LogP contribution < -0.4 is 11.5 Å². The number of benzene rings is 1. The lowest BCUT2D eigenvalue weighted by atomic mass is 10.0. The van der Waals surface area contributed by atoms with E-state index in [1.807, 2.05) is 0 Å². The molecular formula is C12H9Cl2N3O. The smallest absolute Gasteiger partial charge is 0.196 e. The highest BCUT2D eigenvalue weighted by atomic mass is 35.5. The monoisotopic (exact) mass is 281 g/mol. The minimum absolute atomic E-state index is 0.123. The molecule has 2 aromatic rings. The van der Waals surface area contributed by atoms with Crippen LogP contribution >= 0.6 is 23.2 Å². The number of aromatic nitrogens is 1. The zero-order valence-corrected chi connectivity index (χ0v) is 10.7. The molecule has 0 amide bonds. The first-order valence-electron chi connectivity index (χ1n) is 5.00. The third-order valence-electron chi connectivity index (χ3n) is 2.39. The van der Waals surface area contributed by atoms with Gasteiger partial charge in [0, 0.05) is 11.8 Å². The maximum Gasteiger partial charge on any atom is 0.196 e. The Hall–Kier alpha value is -1.78. The van der Waals surface area contributed by atoms with Gasteiger partial charge in [-0.15, -0.1) is 0 Å². The minimum atomic E-state index is -0.300. The molecule has 4 N–H and O–H groups in total. The van der Waals surface area contributed by atoms with Crippen LogP contribution in [0.3, 0.4) is 0 Å². The van der Waals surface area contributed by atoms with Gasteiger partial charge in [-0.3, -0.25) is 4.79 Å². The molecule has 0 saturated carbocycles. The van der Waals surface area contributed by atoms with Gasteiger partial charge in [0.1, 0.15) is 5.82 Å². The topological polar surface area (TPSA) is 82.0 Å². The van der Waals surface area contributed by atoms with E-state index < -0.39 is 0 Å². The Bertz CT molecular complexity index is 629. The van der Waals surface area contributed by atoms with Crippen molar-refractivity contribution in [3.8, 4) is 0 Å². The van der Waals surface area contributed by atoms with Crippen LogP contribution in [-0.2, 0) is 0 Å². The van der Waals surface area contributed by atoms with Crippen LogP contribution in [0.2, 0.25) is 10.0 Å². The van der Waals surface area contributed by atoms with Crippen molar-refractivity contribution in [2.75, 3.05) is 11.5 Å². The molecule has 2 rings (SSSR count). The van der Waals surface area contributed by atoms with E-state index in [2.05, 4.69) is 4.98 Å². The third kappa shape index (κ3) is 2.39. The van der Waals surface area contributed by atoms with Crippen LogP contribution in [0.5, 0.6) is 0 Å². The zero-order valence-electron chi connectivity index (χ0n) is 9.15. The van der Waals surface area contributed by atoms with Crippen LogP contribution in [0.1, 0.15) is 15.9 Å². The molecule has 0 atom stereocenters. The fourth-order valence-corrected chi connectivity index (χ4v) is 1.75. The van der Waals surface area contributed by atoms with Crippen LogP contribution in [0.25, 0.3) is 0 Å². The molecule has 1 heterocycles. The van der Waals surface area contributed by atoms with Crippen molar-refractivity contribution in [1.29, 1.82) is 0 Å². The normalized spacial score (nSPS) is 10.3. The number of rotatable bonds is 2. The summed E-state index contributed by atoms with van der Waals surface area (Å²) in [6.07, 6.45) is 1.38. The molecule has 0 spiro atoms. The quantitative estimate of drug-likeness (QED) is 0.655. The highest BCUT2D eigenvalue weighted by molar-refractivity contribution is 6.33. The second-order valence-corrected chi connectivity index (χ2v) is 4.50. The van der Waals surface area contributed by atoms with Gasteiger partial charge in [0.05, 0.1) is 21.3 Å². The number of carbonyl (C=O) groups is 1. The van der Waals surface area contributed by atoms with Crippen molar-refractivity contribution in [2.24, 2.45) is 0 Å². The maximum absolute atomic E-state index is 12.2. The van der Waals surface area contributed by atoms with Gasteiger partial charge in [-0.2, -0.15) is 0 Å². The van der Waals surface area contributed by atoms with Gasteiger partial charge >= 0.3 is 0 Å². The lowest BCUT2D eigenvalue weighted by Crippen LogP contribution is -2.07. The molecule has 1 aromatic heterocycles. The number of hydrogen-bond donors (Lipinski definition) is 2. The number of nitrogens with zero attached hydrogens (tertiary/aromatic N) is 1. The molecule has 0 aliphatic carbocycles. The minimum Gasteiger partial charge on any atom is -0.398 e. The molecule has 18 heavy (non-hydrogen) atoms. The van der Waals surface area contributed by atoms with Crippen molar-refractivity contribution in [3.05, 3.63) is 51.6 Å². The molecule has 0 aliphatic heterocycles. The lowest BCUT2D eigenvalue weighted by Gasteiger charge is -2.06. The third-order valence-corrected chi connectivity index (χ3v) is 2.94. The van der Waals surface area contributed by atoms with Gasteiger partial charge in [-0.1, -0.05) is 23.2 Å². The predicted octanol–water partition coefficient (Wildman–Crippen LogP) is 2.78. The van der Waals surface area contributed by atoms with E-state index in [1.165, 1.54) is 18.3 Å². The number of carbonyl (C=O) groups excluding carboxylic acids is 1. The fraction of sp³-hybridized carbons (Fsp3) is 0. The molecule has 6 heteroatoms. The number of nitrogen functional groups attached to an aromatic ring is 2. The van der Waals surface area contributed by atoms with Gasteiger partial charge in [0.2, 0.25) is 0 Å². The maximum atomic E-state index is 12.2. The van der Waals surface area contributed by atoms with E-state index in [0.717, 1.165) is 0 Å². The summed E-state index contributed by atoms with van der Waals surface area (Å²) in [5.41, 5.74) is 12.2. The van der Waals surface area contributed by atoms with Crippen molar-refractivity contribution in [1.82, 2.24) is 4.98 Å². The van der Waals surface area contributed by atoms with Crippen LogP contribution in [0.4, 0.5) is 11.5 Å². The zero-order chi connectivity index (χ0) is 13.3. The average molecular weight is 282 g/mol. The molecule has 1 aromatic carbocycles. The van der Waals surface area contributed by atoms with Crippen molar-refractivity contribution < 1.29 is 4.79 Å². The van der Waals surface area contributed by atoms with Crippen LogP contribution in [-0.4, -0.2) is 10.8 Å². The highest BCUT2D eigenvalue weighted by Gasteiger charge is 2.14. The van der Waals surface area contributed by atoms with Gasteiger partial charge in [-0.25, -0.2) is 4.98 Å². The molecule has 4 nitrogen and oxygen atoms in total. The molecule has 0 unspecified atom stereocenters. The Labute approximate surface area is 114 Å². The second kappa shape index (κ2) is 4.84. The van der Waals surface area contributed by atoms with E-state index in [0.29, 0.717) is 21.3 Å². The molecule has 0 fully saturated rings.